The van der Waals surface area contributed by atoms with Crippen LogP contribution in [0.25, 0.3) is 0 Å². The summed E-state index contributed by atoms with van der Waals surface area (Å²) in [7, 11) is 1.63. The Kier molecular flexibility index (Phi) is 9.26. The molecule has 2 aliphatic heterocycles. The van der Waals surface area contributed by atoms with Crippen LogP contribution in [-0.4, -0.2) is 79.5 Å². The van der Waals surface area contributed by atoms with Crippen molar-refractivity contribution in [1.82, 2.24) is 14.7 Å². The smallest absolute Gasteiger partial charge is 0.242 e. The van der Waals surface area contributed by atoms with E-state index in [9.17, 15) is 9.59 Å². The highest BCUT2D eigenvalue weighted by atomic mass is 32.1. The second kappa shape index (κ2) is 12.6. The lowest BCUT2D eigenvalue weighted by Gasteiger charge is -2.37. The normalized spacial score (nSPS) is 17.8. The minimum atomic E-state index is -0.196. The number of amides is 2. The van der Waals surface area contributed by atoms with Gasteiger partial charge in [-0.25, -0.2) is 0 Å². The topological polar surface area (TPSA) is 62.3 Å². The van der Waals surface area contributed by atoms with E-state index in [0.29, 0.717) is 37.6 Å². The molecule has 0 aliphatic carbocycles. The number of likely N-dealkylation sites (tertiary alicyclic amines) is 1. The fraction of sp³-hybridized carbons (Fsp3) is 0.571. The van der Waals surface area contributed by atoms with E-state index in [0.717, 1.165) is 31.6 Å². The first-order valence-corrected chi connectivity index (χ1v) is 14.0. The van der Waals surface area contributed by atoms with Gasteiger partial charge in [-0.3, -0.25) is 9.59 Å². The Bertz CT molecular complexity index is 1020. The van der Waals surface area contributed by atoms with Crippen molar-refractivity contribution in [1.29, 1.82) is 0 Å². The Morgan fingerprint density at radius 1 is 1.11 bits per heavy atom. The number of methoxy groups -OCH3 is 1. The van der Waals surface area contributed by atoms with Gasteiger partial charge in [-0.2, -0.15) is 0 Å². The summed E-state index contributed by atoms with van der Waals surface area (Å²) in [4.78, 5) is 34.2. The number of nitrogens with zero attached hydrogens (tertiary/aromatic N) is 3. The average molecular weight is 514 g/mol. The molecule has 0 unspecified atom stereocenters. The second-order valence-corrected chi connectivity index (χ2v) is 11.1. The van der Waals surface area contributed by atoms with E-state index >= 15 is 0 Å². The van der Waals surface area contributed by atoms with Crippen LogP contribution in [0, 0.1) is 5.92 Å². The summed E-state index contributed by atoms with van der Waals surface area (Å²) in [6.45, 7) is 8.76. The predicted octanol–water partition coefficient (Wildman–Crippen LogP) is 4.23. The van der Waals surface area contributed by atoms with Crippen molar-refractivity contribution in [2.45, 2.75) is 45.6 Å². The van der Waals surface area contributed by atoms with E-state index in [1.165, 1.54) is 17.7 Å². The van der Waals surface area contributed by atoms with E-state index in [2.05, 4.69) is 16.3 Å². The predicted molar refractivity (Wildman–Crippen MR) is 143 cm³/mol. The molecule has 1 atom stereocenters. The zero-order chi connectivity index (χ0) is 25.5. The highest BCUT2D eigenvalue weighted by Crippen LogP contribution is 2.35. The van der Waals surface area contributed by atoms with Crippen molar-refractivity contribution < 1.29 is 19.1 Å². The largest absolute Gasteiger partial charge is 0.493 e. The van der Waals surface area contributed by atoms with Crippen molar-refractivity contribution in [3.05, 3.63) is 46.2 Å². The van der Waals surface area contributed by atoms with Gasteiger partial charge < -0.3 is 24.2 Å². The minimum absolute atomic E-state index is 0.0148. The molecule has 1 aromatic heterocycles. The lowest BCUT2D eigenvalue weighted by atomic mass is 10.00. The van der Waals surface area contributed by atoms with Gasteiger partial charge in [0.15, 0.2) is 11.5 Å². The Labute approximate surface area is 219 Å². The maximum Gasteiger partial charge on any atom is 0.242 e. The van der Waals surface area contributed by atoms with Crippen molar-refractivity contribution in [2.75, 3.05) is 53.0 Å². The van der Waals surface area contributed by atoms with Crippen LogP contribution in [0.2, 0.25) is 0 Å². The van der Waals surface area contributed by atoms with Gasteiger partial charge in [0, 0.05) is 30.9 Å². The number of carbonyl (C=O) groups excluding carboxylic acids is 2. The molecule has 4 rings (SSSR count). The summed E-state index contributed by atoms with van der Waals surface area (Å²) < 4.78 is 11.6. The lowest BCUT2D eigenvalue weighted by Crippen LogP contribution is -2.49. The number of hydrogen-bond acceptors (Lipinski definition) is 6. The molecule has 2 amide bonds. The number of ether oxygens (including phenoxy) is 2. The summed E-state index contributed by atoms with van der Waals surface area (Å²) in [5.74, 6) is 1.64. The van der Waals surface area contributed by atoms with E-state index in [1.54, 1.807) is 23.3 Å². The molecule has 7 nitrogen and oxygen atoms in total. The van der Waals surface area contributed by atoms with Crippen LogP contribution in [0.3, 0.4) is 0 Å². The zero-order valence-electron chi connectivity index (χ0n) is 21.8. The van der Waals surface area contributed by atoms with Gasteiger partial charge in [0.1, 0.15) is 6.61 Å². The molecule has 0 spiro atoms. The first-order valence-electron chi connectivity index (χ1n) is 13.1. The molecule has 1 aromatic carbocycles. The Morgan fingerprint density at radius 3 is 2.58 bits per heavy atom. The molecule has 2 aromatic rings. The molecule has 0 bridgehead atoms. The van der Waals surface area contributed by atoms with Crippen LogP contribution in [-0.2, 0) is 16.0 Å². The maximum absolute atomic E-state index is 13.7. The lowest BCUT2D eigenvalue weighted by molar-refractivity contribution is -0.143. The molecule has 2 aliphatic rings. The Hall–Kier alpha value is -2.58. The van der Waals surface area contributed by atoms with E-state index < -0.39 is 0 Å². The molecule has 0 radical (unpaired) electrons. The SMILES string of the molecule is COc1ccccc1OC[C@@H]1c2ccsc2CCN1C(=O)CN(CCN1CCCC1)C(=O)CC(C)C. The number of thiophene rings is 1. The van der Waals surface area contributed by atoms with Gasteiger partial charge in [0.2, 0.25) is 11.8 Å². The summed E-state index contributed by atoms with van der Waals surface area (Å²) in [6, 6.07) is 9.48. The highest BCUT2D eigenvalue weighted by Gasteiger charge is 2.34. The van der Waals surface area contributed by atoms with Crippen LogP contribution in [0.5, 0.6) is 11.5 Å². The Morgan fingerprint density at radius 2 is 1.86 bits per heavy atom. The monoisotopic (exact) mass is 513 g/mol. The van der Waals surface area contributed by atoms with Crippen LogP contribution in [0.1, 0.15) is 49.6 Å². The number of benzene rings is 1. The summed E-state index contributed by atoms with van der Waals surface area (Å²) in [5, 5.41) is 2.09. The minimum Gasteiger partial charge on any atom is -0.493 e. The summed E-state index contributed by atoms with van der Waals surface area (Å²) in [6.07, 6.45) is 3.72. The van der Waals surface area contributed by atoms with Crippen LogP contribution in [0.4, 0.5) is 0 Å². The summed E-state index contributed by atoms with van der Waals surface area (Å²) >= 11 is 1.73. The zero-order valence-corrected chi connectivity index (χ0v) is 22.6. The fourth-order valence-electron chi connectivity index (χ4n) is 5.07. The number of para-hydroxylation sites is 2. The number of fused-ring (bicyclic) bond motifs is 1. The number of rotatable bonds is 11. The van der Waals surface area contributed by atoms with Gasteiger partial charge in [-0.1, -0.05) is 26.0 Å². The summed E-state index contributed by atoms with van der Waals surface area (Å²) in [5.41, 5.74) is 1.15. The standard InChI is InChI=1S/C28H39N3O4S/c1-21(2)18-27(32)30(16-15-29-12-6-7-13-29)19-28(33)31-14-10-26-22(11-17-36-26)23(31)20-35-25-9-5-4-8-24(25)34-3/h4-5,8-9,11,17,21,23H,6-7,10,12-16,18-20H2,1-3H3/t23-/m1/s1. The molecule has 8 heteroatoms. The van der Waals surface area contributed by atoms with Crippen molar-refractivity contribution in [3.63, 3.8) is 0 Å². The molecule has 1 saturated heterocycles. The van der Waals surface area contributed by atoms with E-state index in [4.69, 9.17) is 9.47 Å². The molecule has 0 saturated carbocycles. The van der Waals surface area contributed by atoms with Crippen molar-refractivity contribution >= 4 is 23.2 Å². The molecule has 0 N–H and O–H groups in total. The molecule has 36 heavy (non-hydrogen) atoms. The van der Waals surface area contributed by atoms with E-state index in [1.807, 2.05) is 43.0 Å². The fourth-order valence-corrected chi connectivity index (χ4v) is 6.00. The van der Waals surface area contributed by atoms with Crippen LogP contribution in [0.15, 0.2) is 35.7 Å². The number of carbonyl (C=O) groups is 2. The van der Waals surface area contributed by atoms with Crippen molar-refractivity contribution in [2.24, 2.45) is 5.92 Å². The van der Waals surface area contributed by atoms with Gasteiger partial charge in [0.05, 0.1) is 19.7 Å². The van der Waals surface area contributed by atoms with E-state index in [-0.39, 0.29) is 30.3 Å². The Balaban J connectivity index is 1.48. The molecular formula is C28H39N3O4S. The van der Waals surface area contributed by atoms with Crippen LogP contribution < -0.4 is 9.47 Å². The first-order chi connectivity index (χ1) is 17.5. The third-order valence-corrected chi connectivity index (χ3v) is 8.02. The third-order valence-electron chi connectivity index (χ3n) is 7.03. The van der Waals surface area contributed by atoms with Gasteiger partial charge in [0.25, 0.3) is 0 Å². The quantitative estimate of drug-likeness (QED) is 0.450. The van der Waals surface area contributed by atoms with Crippen LogP contribution >= 0.6 is 11.3 Å². The average Bonchev–Trinajstić information content (AvgIpc) is 3.56. The molecule has 196 valence electrons. The molecule has 3 heterocycles. The number of hydrogen-bond donors (Lipinski definition) is 0. The molecular weight excluding hydrogens is 474 g/mol. The maximum atomic E-state index is 13.7. The second-order valence-electron chi connectivity index (χ2n) is 10.1. The highest BCUT2D eigenvalue weighted by molar-refractivity contribution is 7.10. The van der Waals surface area contributed by atoms with Crippen molar-refractivity contribution in [3.8, 4) is 11.5 Å². The first kappa shape index (κ1) is 26.5. The van der Waals surface area contributed by atoms with Gasteiger partial charge in [-0.15, -0.1) is 11.3 Å². The molecule has 1 fully saturated rings. The third kappa shape index (κ3) is 6.59. The van der Waals surface area contributed by atoms with Gasteiger partial charge >= 0.3 is 0 Å². The van der Waals surface area contributed by atoms with Gasteiger partial charge in [-0.05, 0) is 67.4 Å².